The summed E-state index contributed by atoms with van der Waals surface area (Å²) in [5.74, 6) is -0.0224. The molecule has 0 aliphatic heterocycles. The van der Waals surface area contributed by atoms with Crippen molar-refractivity contribution in [3.05, 3.63) is 54.1 Å². The molecule has 2 N–H and O–H groups in total. The highest BCUT2D eigenvalue weighted by Gasteiger charge is 2.30. The third-order valence-corrected chi connectivity index (χ3v) is 3.96. The first-order valence-corrected chi connectivity index (χ1v) is 8.72. The Hall–Kier alpha value is -3.35. The molecule has 0 saturated heterocycles. The maximum absolute atomic E-state index is 12.5. The van der Waals surface area contributed by atoms with Gasteiger partial charge in [-0.1, -0.05) is 12.1 Å². The zero-order chi connectivity index (χ0) is 19.2. The predicted molar refractivity (Wildman–Crippen MR) is 99.8 cm³/mol. The third-order valence-electron chi connectivity index (χ3n) is 3.96. The van der Waals surface area contributed by atoms with E-state index in [4.69, 9.17) is 9.47 Å². The molecule has 1 aliphatic carbocycles. The molecular weight excluding hydrogens is 348 g/mol. The van der Waals surface area contributed by atoms with Gasteiger partial charge in [0.15, 0.2) is 0 Å². The van der Waals surface area contributed by atoms with Crippen LogP contribution in [-0.4, -0.2) is 24.6 Å². The average molecular weight is 368 g/mol. The number of ether oxygens (including phenoxy) is 2. The van der Waals surface area contributed by atoms with Crippen LogP contribution in [0.2, 0.25) is 0 Å². The van der Waals surface area contributed by atoms with Gasteiger partial charge in [-0.2, -0.15) is 0 Å². The number of anilines is 2. The van der Waals surface area contributed by atoms with E-state index in [2.05, 4.69) is 10.6 Å². The van der Waals surface area contributed by atoms with Crippen LogP contribution in [-0.2, 0) is 9.53 Å². The zero-order valence-corrected chi connectivity index (χ0v) is 14.9. The Kier molecular flexibility index (Phi) is 5.71. The topological polar surface area (TPSA) is 93.7 Å². The molecule has 27 heavy (non-hydrogen) atoms. The summed E-state index contributed by atoms with van der Waals surface area (Å²) in [6.07, 6.45) is 1.01. The molecule has 3 rings (SSSR count). The van der Waals surface area contributed by atoms with Gasteiger partial charge in [0.25, 0.3) is 5.91 Å². The van der Waals surface area contributed by atoms with Crippen molar-refractivity contribution in [2.24, 2.45) is 5.92 Å². The molecule has 2 aromatic rings. The molecule has 7 heteroatoms. The Labute approximate surface area is 156 Å². The molecule has 0 spiro atoms. The van der Waals surface area contributed by atoms with Crippen molar-refractivity contribution in [2.75, 3.05) is 17.2 Å². The Morgan fingerprint density at radius 3 is 2.19 bits per heavy atom. The second kappa shape index (κ2) is 8.35. The van der Waals surface area contributed by atoms with E-state index >= 15 is 0 Å². The van der Waals surface area contributed by atoms with E-state index < -0.39 is 6.16 Å². The van der Waals surface area contributed by atoms with Gasteiger partial charge in [-0.05, 0) is 56.2 Å². The van der Waals surface area contributed by atoms with Crippen molar-refractivity contribution in [1.82, 2.24) is 0 Å². The summed E-state index contributed by atoms with van der Waals surface area (Å²) in [4.78, 5) is 35.7. The normalized spacial score (nSPS) is 12.8. The van der Waals surface area contributed by atoms with E-state index in [1.807, 2.05) is 0 Å². The summed E-state index contributed by atoms with van der Waals surface area (Å²) in [6, 6.07) is 13.1. The van der Waals surface area contributed by atoms with E-state index in [0.717, 1.165) is 12.8 Å². The number of benzene rings is 2. The Morgan fingerprint density at radius 2 is 1.59 bits per heavy atom. The van der Waals surface area contributed by atoms with Gasteiger partial charge >= 0.3 is 6.16 Å². The standard InChI is InChI=1S/C20H20N2O5/c1-2-26-20(25)27-15-11-9-14(10-12-15)19(24)22-17-6-4-3-5-16(17)21-18(23)13-7-8-13/h3-6,9-13H,2,7-8H2,1H3,(H,21,23)(H,22,24). The Morgan fingerprint density at radius 1 is 0.963 bits per heavy atom. The Balaban J connectivity index is 1.65. The molecule has 0 atom stereocenters. The lowest BCUT2D eigenvalue weighted by Gasteiger charge is -2.12. The smallest absolute Gasteiger partial charge is 0.434 e. The number of hydrogen-bond acceptors (Lipinski definition) is 5. The van der Waals surface area contributed by atoms with Crippen LogP contribution in [0.15, 0.2) is 48.5 Å². The number of amides is 2. The van der Waals surface area contributed by atoms with Crippen molar-refractivity contribution >= 4 is 29.3 Å². The molecule has 2 amide bonds. The van der Waals surface area contributed by atoms with Crippen molar-refractivity contribution in [1.29, 1.82) is 0 Å². The lowest BCUT2D eigenvalue weighted by molar-refractivity contribution is -0.117. The lowest BCUT2D eigenvalue weighted by Crippen LogP contribution is -2.17. The van der Waals surface area contributed by atoms with Crippen LogP contribution in [0, 0.1) is 5.92 Å². The summed E-state index contributed by atoms with van der Waals surface area (Å²) in [6.45, 7) is 1.90. The first kappa shape index (κ1) is 18.4. The lowest BCUT2D eigenvalue weighted by atomic mass is 10.2. The molecule has 0 radical (unpaired) electrons. The van der Waals surface area contributed by atoms with Crippen LogP contribution in [0.3, 0.4) is 0 Å². The Bertz CT molecular complexity index is 844. The maximum Gasteiger partial charge on any atom is 0.513 e. The van der Waals surface area contributed by atoms with Crippen LogP contribution in [0.4, 0.5) is 16.2 Å². The molecule has 2 aromatic carbocycles. The fourth-order valence-corrected chi connectivity index (χ4v) is 2.39. The van der Waals surface area contributed by atoms with Gasteiger partial charge in [0.2, 0.25) is 5.91 Å². The second-order valence-corrected chi connectivity index (χ2v) is 6.07. The minimum atomic E-state index is -0.796. The highest BCUT2D eigenvalue weighted by molar-refractivity contribution is 6.07. The largest absolute Gasteiger partial charge is 0.513 e. The molecule has 1 fully saturated rings. The number of rotatable bonds is 6. The van der Waals surface area contributed by atoms with E-state index in [0.29, 0.717) is 16.9 Å². The van der Waals surface area contributed by atoms with Crippen molar-refractivity contribution in [2.45, 2.75) is 19.8 Å². The van der Waals surface area contributed by atoms with E-state index in [-0.39, 0.29) is 30.1 Å². The zero-order valence-electron chi connectivity index (χ0n) is 14.9. The van der Waals surface area contributed by atoms with E-state index in [1.54, 1.807) is 31.2 Å². The fourth-order valence-electron chi connectivity index (χ4n) is 2.39. The molecule has 140 valence electrons. The highest BCUT2D eigenvalue weighted by atomic mass is 16.7. The highest BCUT2D eigenvalue weighted by Crippen LogP contribution is 2.31. The number of carbonyl (C=O) groups is 3. The summed E-state index contributed by atoms with van der Waals surface area (Å²) in [7, 11) is 0. The van der Waals surface area contributed by atoms with Crippen LogP contribution >= 0.6 is 0 Å². The van der Waals surface area contributed by atoms with Crippen molar-refractivity contribution in [3.63, 3.8) is 0 Å². The van der Waals surface area contributed by atoms with Crippen LogP contribution < -0.4 is 15.4 Å². The van der Waals surface area contributed by atoms with Crippen molar-refractivity contribution in [3.8, 4) is 5.75 Å². The summed E-state index contributed by atoms with van der Waals surface area (Å²) < 4.78 is 9.65. The first-order valence-electron chi connectivity index (χ1n) is 8.72. The van der Waals surface area contributed by atoms with Gasteiger partial charge in [-0.25, -0.2) is 4.79 Å². The van der Waals surface area contributed by atoms with Crippen LogP contribution in [0.1, 0.15) is 30.1 Å². The maximum atomic E-state index is 12.5. The minimum absolute atomic E-state index is 0.0304. The number of carbonyl (C=O) groups excluding carboxylic acids is 3. The number of para-hydroxylation sites is 2. The van der Waals surface area contributed by atoms with Gasteiger partial charge in [0.05, 0.1) is 18.0 Å². The molecule has 0 bridgehead atoms. The fraction of sp³-hybridized carbons (Fsp3) is 0.250. The number of nitrogens with one attached hydrogen (secondary N) is 2. The van der Waals surface area contributed by atoms with Crippen LogP contribution in [0.25, 0.3) is 0 Å². The monoisotopic (exact) mass is 368 g/mol. The van der Waals surface area contributed by atoms with Gasteiger partial charge in [-0.3, -0.25) is 9.59 Å². The quantitative estimate of drug-likeness (QED) is 0.597. The molecular formula is C20H20N2O5. The van der Waals surface area contributed by atoms with Crippen molar-refractivity contribution < 1.29 is 23.9 Å². The second-order valence-electron chi connectivity index (χ2n) is 6.07. The molecule has 1 saturated carbocycles. The molecule has 1 aliphatic rings. The first-order chi connectivity index (χ1) is 13.1. The van der Waals surface area contributed by atoms with Crippen LogP contribution in [0.5, 0.6) is 5.75 Å². The summed E-state index contributed by atoms with van der Waals surface area (Å²) >= 11 is 0. The van der Waals surface area contributed by atoms with E-state index in [9.17, 15) is 14.4 Å². The van der Waals surface area contributed by atoms with Gasteiger partial charge in [-0.15, -0.1) is 0 Å². The summed E-state index contributed by atoms with van der Waals surface area (Å²) in [5, 5.41) is 5.63. The predicted octanol–water partition coefficient (Wildman–Crippen LogP) is 3.82. The summed E-state index contributed by atoms with van der Waals surface area (Å²) in [5.41, 5.74) is 1.46. The average Bonchev–Trinajstić information content (AvgIpc) is 3.49. The molecule has 0 heterocycles. The van der Waals surface area contributed by atoms with E-state index in [1.165, 1.54) is 24.3 Å². The molecule has 0 unspecified atom stereocenters. The van der Waals surface area contributed by atoms with Gasteiger partial charge in [0.1, 0.15) is 5.75 Å². The minimum Gasteiger partial charge on any atom is -0.434 e. The molecule has 0 aromatic heterocycles. The van der Waals surface area contributed by atoms with Gasteiger partial charge < -0.3 is 20.1 Å². The SMILES string of the molecule is CCOC(=O)Oc1ccc(C(=O)Nc2ccccc2NC(=O)C2CC2)cc1. The third kappa shape index (κ3) is 5.07. The van der Waals surface area contributed by atoms with Gasteiger partial charge in [0, 0.05) is 11.5 Å². The number of hydrogen-bond donors (Lipinski definition) is 2. The molecule has 7 nitrogen and oxygen atoms in total.